The van der Waals surface area contributed by atoms with E-state index in [0.29, 0.717) is 34.4 Å². The monoisotopic (exact) mass is 368 g/mol. The topological polar surface area (TPSA) is 76.1 Å². The average molecular weight is 369 g/mol. The fourth-order valence-corrected chi connectivity index (χ4v) is 2.51. The van der Waals surface area contributed by atoms with Crippen LogP contribution in [0.25, 0.3) is 0 Å². The number of pyridine rings is 2. The number of methoxy groups -OCH3 is 1. The van der Waals surface area contributed by atoms with Crippen LogP contribution in [0.1, 0.15) is 15.9 Å². The molecule has 3 aromatic rings. The van der Waals surface area contributed by atoms with Gasteiger partial charge in [0.25, 0.3) is 5.91 Å². The van der Waals surface area contributed by atoms with E-state index in [1.54, 1.807) is 56.0 Å². The third-order valence-electron chi connectivity index (χ3n) is 3.65. The van der Waals surface area contributed by atoms with Crippen LogP contribution in [-0.4, -0.2) is 23.0 Å². The molecular weight excluding hydrogens is 352 g/mol. The van der Waals surface area contributed by atoms with Crippen LogP contribution in [0.15, 0.2) is 61.1 Å². The highest BCUT2D eigenvalue weighted by molar-refractivity contribution is 6.31. The van der Waals surface area contributed by atoms with Crippen molar-refractivity contribution in [2.24, 2.45) is 0 Å². The van der Waals surface area contributed by atoms with E-state index in [1.165, 1.54) is 0 Å². The lowest BCUT2D eigenvalue weighted by Crippen LogP contribution is -2.22. The summed E-state index contributed by atoms with van der Waals surface area (Å²) in [6.07, 6.45) is 4.95. The third kappa shape index (κ3) is 4.49. The second-order valence-corrected chi connectivity index (χ2v) is 5.87. The van der Waals surface area contributed by atoms with Crippen molar-refractivity contribution in [3.8, 4) is 5.75 Å². The second-order valence-electron chi connectivity index (χ2n) is 5.44. The van der Waals surface area contributed by atoms with Crippen molar-refractivity contribution in [3.63, 3.8) is 0 Å². The summed E-state index contributed by atoms with van der Waals surface area (Å²) in [7, 11) is 1.57. The summed E-state index contributed by atoms with van der Waals surface area (Å²) in [6, 6.07) is 12.3. The first kappa shape index (κ1) is 17.7. The van der Waals surface area contributed by atoms with Crippen molar-refractivity contribution >= 4 is 29.0 Å². The Labute approximate surface area is 156 Å². The van der Waals surface area contributed by atoms with Crippen LogP contribution >= 0.6 is 11.6 Å². The standard InChI is InChI=1S/C19H17ClN4O2/c1-26-17-3-2-15(20)11-16(17)24-18-10-14(6-9-22-18)19(25)23-12-13-4-7-21-8-5-13/h2-11H,12H2,1H3,(H,22,24)(H,23,25). The molecule has 2 N–H and O–H groups in total. The molecule has 1 amide bonds. The summed E-state index contributed by atoms with van der Waals surface area (Å²) in [6.45, 7) is 0.425. The first-order chi connectivity index (χ1) is 12.7. The Balaban J connectivity index is 1.72. The van der Waals surface area contributed by atoms with Crippen molar-refractivity contribution in [2.75, 3.05) is 12.4 Å². The third-order valence-corrected chi connectivity index (χ3v) is 3.88. The zero-order chi connectivity index (χ0) is 18.4. The normalized spacial score (nSPS) is 10.2. The zero-order valence-corrected chi connectivity index (χ0v) is 14.8. The van der Waals surface area contributed by atoms with Gasteiger partial charge in [0.15, 0.2) is 0 Å². The number of halogens is 1. The van der Waals surface area contributed by atoms with Crippen LogP contribution in [0, 0.1) is 0 Å². The molecule has 0 spiro atoms. The molecule has 26 heavy (non-hydrogen) atoms. The highest BCUT2D eigenvalue weighted by atomic mass is 35.5. The minimum absolute atomic E-state index is 0.190. The molecule has 0 atom stereocenters. The maximum absolute atomic E-state index is 12.4. The summed E-state index contributed by atoms with van der Waals surface area (Å²) in [5.74, 6) is 0.955. The molecule has 7 heteroatoms. The number of benzene rings is 1. The van der Waals surface area contributed by atoms with Crippen molar-refractivity contribution < 1.29 is 9.53 Å². The van der Waals surface area contributed by atoms with Crippen LogP contribution in [0.5, 0.6) is 5.75 Å². The molecule has 0 aliphatic carbocycles. The van der Waals surface area contributed by atoms with Crippen molar-refractivity contribution in [1.82, 2.24) is 15.3 Å². The number of hydrogen-bond acceptors (Lipinski definition) is 5. The van der Waals surface area contributed by atoms with Crippen molar-refractivity contribution in [1.29, 1.82) is 0 Å². The minimum Gasteiger partial charge on any atom is -0.495 e. The molecule has 2 heterocycles. The predicted molar refractivity (Wildman–Crippen MR) is 101 cm³/mol. The Kier molecular flexibility index (Phi) is 5.66. The van der Waals surface area contributed by atoms with Gasteiger partial charge >= 0.3 is 0 Å². The van der Waals surface area contributed by atoms with Crippen LogP contribution in [0.3, 0.4) is 0 Å². The average Bonchev–Trinajstić information content (AvgIpc) is 2.67. The SMILES string of the molecule is COc1ccc(Cl)cc1Nc1cc(C(=O)NCc2ccncc2)ccn1. The highest BCUT2D eigenvalue weighted by Crippen LogP contribution is 2.30. The minimum atomic E-state index is -0.190. The highest BCUT2D eigenvalue weighted by Gasteiger charge is 2.09. The van der Waals surface area contributed by atoms with E-state index in [0.717, 1.165) is 5.56 Å². The van der Waals surface area contributed by atoms with E-state index >= 15 is 0 Å². The number of ether oxygens (including phenoxy) is 1. The molecule has 0 aliphatic rings. The van der Waals surface area contributed by atoms with E-state index < -0.39 is 0 Å². The Hall–Kier alpha value is -3.12. The predicted octanol–water partition coefficient (Wildman–Crippen LogP) is 3.81. The Bertz CT molecular complexity index is 903. The molecule has 0 fully saturated rings. The Morgan fingerprint density at radius 1 is 1.12 bits per heavy atom. The lowest BCUT2D eigenvalue weighted by Gasteiger charge is -2.12. The number of aromatic nitrogens is 2. The van der Waals surface area contributed by atoms with Gasteiger partial charge < -0.3 is 15.4 Å². The van der Waals surface area contributed by atoms with Gasteiger partial charge in [0.05, 0.1) is 12.8 Å². The summed E-state index contributed by atoms with van der Waals surface area (Å²) < 4.78 is 5.30. The molecule has 0 bridgehead atoms. The number of nitrogens with zero attached hydrogens (tertiary/aromatic N) is 2. The van der Waals surface area contributed by atoms with Crippen molar-refractivity contribution in [3.05, 3.63) is 77.2 Å². The van der Waals surface area contributed by atoms with E-state index in [9.17, 15) is 4.79 Å². The quantitative estimate of drug-likeness (QED) is 0.691. The molecule has 3 rings (SSSR count). The first-order valence-electron chi connectivity index (χ1n) is 7.89. The molecule has 0 saturated heterocycles. The summed E-state index contributed by atoms with van der Waals surface area (Å²) >= 11 is 6.04. The maximum atomic E-state index is 12.4. The van der Waals surface area contributed by atoms with Gasteiger partial charge in [0.2, 0.25) is 0 Å². The number of nitrogens with one attached hydrogen (secondary N) is 2. The fourth-order valence-electron chi connectivity index (χ4n) is 2.34. The van der Waals surface area contributed by atoms with Crippen LogP contribution < -0.4 is 15.4 Å². The Morgan fingerprint density at radius 3 is 2.69 bits per heavy atom. The lowest BCUT2D eigenvalue weighted by atomic mass is 10.2. The molecular formula is C19H17ClN4O2. The van der Waals surface area contributed by atoms with E-state index in [2.05, 4.69) is 20.6 Å². The molecule has 2 aromatic heterocycles. The smallest absolute Gasteiger partial charge is 0.251 e. The van der Waals surface area contributed by atoms with Crippen molar-refractivity contribution in [2.45, 2.75) is 6.54 Å². The molecule has 132 valence electrons. The fraction of sp³-hybridized carbons (Fsp3) is 0.105. The first-order valence-corrected chi connectivity index (χ1v) is 8.27. The molecule has 0 unspecified atom stereocenters. The Morgan fingerprint density at radius 2 is 1.92 bits per heavy atom. The summed E-state index contributed by atoms with van der Waals surface area (Å²) in [4.78, 5) is 20.6. The van der Waals surface area contributed by atoms with Gasteiger partial charge in [-0.25, -0.2) is 4.98 Å². The van der Waals surface area contributed by atoms with Gasteiger partial charge in [0, 0.05) is 35.7 Å². The molecule has 6 nitrogen and oxygen atoms in total. The van der Waals surface area contributed by atoms with Crippen LogP contribution in [-0.2, 0) is 6.54 Å². The van der Waals surface area contributed by atoms with E-state index in [1.807, 2.05) is 12.1 Å². The maximum Gasteiger partial charge on any atom is 0.251 e. The lowest BCUT2D eigenvalue weighted by molar-refractivity contribution is 0.0951. The summed E-state index contributed by atoms with van der Waals surface area (Å²) in [5, 5.41) is 6.56. The van der Waals surface area contributed by atoms with Crippen LogP contribution in [0.4, 0.5) is 11.5 Å². The largest absolute Gasteiger partial charge is 0.495 e. The van der Waals surface area contributed by atoms with Gasteiger partial charge in [0.1, 0.15) is 11.6 Å². The molecule has 0 saturated carbocycles. The number of hydrogen-bond donors (Lipinski definition) is 2. The molecule has 1 aromatic carbocycles. The van der Waals surface area contributed by atoms with Gasteiger partial charge in [-0.3, -0.25) is 9.78 Å². The molecule has 0 radical (unpaired) electrons. The van der Waals surface area contributed by atoms with Gasteiger partial charge in [-0.1, -0.05) is 11.6 Å². The van der Waals surface area contributed by atoms with E-state index in [4.69, 9.17) is 16.3 Å². The van der Waals surface area contributed by atoms with Gasteiger partial charge in [-0.05, 0) is 48.0 Å². The number of carbonyl (C=O) groups excluding carboxylic acids is 1. The van der Waals surface area contributed by atoms with Crippen LogP contribution in [0.2, 0.25) is 5.02 Å². The number of anilines is 2. The van der Waals surface area contributed by atoms with Gasteiger partial charge in [-0.15, -0.1) is 0 Å². The zero-order valence-electron chi connectivity index (χ0n) is 14.1. The number of rotatable bonds is 6. The number of amides is 1. The number of carbonyl (C=O) groups is 1. The second kappa shape index (κ2) is 8.31. The molecule has 0 aliphatic heterocycles. The van der Waals surface area contributed by atoms with E-state index in [-0.39, 0.29) is 5.91 Å². The van der Waals surface area contributed by atoms with Gasteiger partial charge in [-0.2, -0.15) is 0 Å². The summed E-state index contributed by atoms with van der Waals surface area (Å²) in [5.41, 5.74) is 2.14.